The average molecular weight is 217 g/mol. The number of imide groups is 1. The summed E-state index contributed by atoms with van der Waals surface area (Å²) in [5, 5.41) is 0. The summed E-state index contributed by atoms with van der Waals surface area (Å²) in [6, 6.07) is 6.93. The largest absolute Gasteiger partial charge is 0.376 e. The summed E-state index contributed by atoms with van der Waals surface area (Å²) in [5.41, 5.74) is 1.01. The van der Waals surface area contributed by atoms with Crippen molar-refractivity contribution in [1.29, 1.82) is 0 Å². The van der Waals surface area contributed by atoms with Gasteiger partial charge in [-0.15, -0.1) is 0 Å². The number of rotatable bonds is 2. The van der Waals surface area contributed by atoms with Crippen molar-refractivity contribution in [3.05, 3.63) is 35.4 Å². The number of hydrogen-bond acceptors (Lipinski definition) is 3. The minimum atomic E-state index is -0.198. The molecule has 2 aliphatic rings. The van der Waals surface area contributed by atoms with Crippen LogP contribution in [0.25, 0.3) is 0 Å². The minimum Gasteiger partial charge on any atom is -0.376 e. The van der Waals surface area contributed by atoms with Crippen molar-refractivity contribution in [1.82, 2.24) is 4.90 Å². The lowest BCUT2D eigenvalue weighted by Gasteiger charge is -2.29. The summed E-state index contributed by atoms with van der Waals surface area (Å²) < 4.78 is 5.24. The zero-order valence-corrected chi connectivity index (χ0v) is 8.68. The summed E-state index contributed by atoms with van der Waals surface area (Å²) in [6.07, 6.45) is 0.954. The van der Waals surface area contributed by atoms with E-state index in [4.69, 9.17) is 4.74 Å². The molecule has 2 aliphatic heterocycles. The van der Waals surface area contributed by atoms with Crippen LogP contribution >= 0.6 is 0 Å². The standard InChI is InChI=1S/C12H11NO3/c14-11-9-3-1-2-4-10(9)12(15)13(11)7-8-5-6-16-8/h1-4,8H,5-7H2/t8-/m0/s1. The second kappa shape index (κ2) is 3.42. The van der Waals surface area contributed by atoms with Crippen LogP contribution in [0.4, 0.5) is 0 Å². The molecular formula is C12H11NO3. The number of benzene rings is 1. The van der Waals surface area contributed by atoms with Crippen LogP contribution in [-0.2, 0) is 4.74 Å². The molecule has 2 heterocycles. The van der Waals surface area contributed by atoms with E-state index in [1.165, 1.54) is 4.90 Å². The summed E-state index contributed by atoms with van der Waals surface area (Å²) in [7, 11) is 0. The van der Waals surface area contributed by atoms with E-state index in [1.807, 2.05) is 0 Å². The SMILES string of the molecule is O=C1c2ccccc2C(=O)N1C[C@@H]1CCO1. The Bertz CT molecular complexity index is 430. The highest BCUT2D eigenvalue weighted by molar-refractivity contribution is 6.21. The van der Waals surface area contributed by atoms with Gasteiger partial charge in [0.1, 0.15) is 0 Å². The second-order valence-corrected chi connectivity index (χ2v) is 4.05. The molecule has 1 saturated heterocycles. The number of carbonyl (C=O) groups is 2. The summed E-state index contributed by atoms with van der Waals surface area (Å²) in [5.74, 6) is -0.396. The van der Waals surface area contributed by atoms with Crippen molar-refractivity contribution in [3.8, 4) is 0 Å². The average Bonchev–Trinajstić information content (AvgIpc) is 2.48. The summed E-state index contributed by atoms with van der Waals surface area (Å²) in [4.78, 5) is 25.2. The normalized spacial score (nSPS) is 23.2. The van der Waals surface area contributed by atoms with E-state index < -0.39 is 0 Å². The van der Waals surface area contributed by atoms with Crippen LogP contribution < -0.4 is 0 Å². The Kier molecular flexibility index (Phi) is 2.04. The topological polar surface area (TPSA) is 46.6 Å². The van der Waals surface area contributed by atoms with Crippen LogP contribution in [0, 0.1) is 0 Å². The van der Waals surface area contributed by atoms with E-state index in [9.17, 15) is 9.59 Å². The molecular weight excluding hydrogens is 206 g/mol. The number of fused-ring (bicyclic) bond motifs is 1. The fourth-order valence-corrected chi connectivity index (χ4v) is 2.04. The highest BCUT2D eigenvalue weighted by Gasteiger charge is 2.37. The van der Waals surface area contributed by atoms with Crippen LogP contribution in [0.2, 0.25) is 0 Å². The predicted octanol–water partition coefficient (Wildman–Crippen LogP) is 1.07. The van der Waals surface area contributed by atoms with E-state index >= 15 is 0 Å². The van der Waals surface area contributed by atoms with E-state index in [0.29, 0.717) is 17.7 Å². The van der Waals surface area contributed by atoms with Crippen LogP contribution in [0.3, 0.4) is 0 Å². The molecule has 0 saturated carbocycles. The number of hydrogen-bond donors (Lipinski definition) is 0. The fourth-order valence-electron chi connectivity index (χ4n) is 2.04. The Balaban J connectivity index is 1.88. The Morgan fingerprint density at radius 3 is 2.19 bits per heavy atom. The maximum absolute atomic E-state index is 11.9. The van der Waals surface area contributed by atoms with Gasteiger partial charge in [-0.2, -0.15) is 0 Å². The van der Waals surface area contributed by atoms with Crippen molar-refractivity contribution in [2.75, 3.05) is 13.2 Å². The molecule has 4 heteroatoms. The Morgan fingerprint density at radius 1 is 1.19 bits per heavy atom. The maximum atomic E-state index is 11.9. The molecule has 1 aromatic carbocycles. The molecule has 4 nitrogen and oxygen atoms in total. The van der Waals surface area contributed by atoms with Crippen LogP contribution in [0.5, 0.6) is 0 Å². The lowest BCUT2D eigenvalue weighted by atomic mass is 10.1. The fraction of sp³-hybridized carbons (Fsp3) is 0.333. The Hall–Kier alpha value is -1.68. The quantitative estimate of drug-likeness (QED) is 0.696. The predicted molar refractivity (Wildman–Crippen MR) is 56.2 cm³/mol. The highest BCUT2D eigenvalue weighted by Crippen LogP contribution is 2.24. The van der Waals surface area contributed by atoms with E-state index in [1.54, 1.807) is 24.3 Å². The van der Waals surface area contributed by atoms with Gasteiger partial charge < -0.3 is 4.74 Å². The Morgan fingerprint density at radius 2 is 1.75 bits per heavy atom. The van der Waals surface area contributed by atoms with Gasteiger partial charge in [0, 0.05) is 6.61 Å². The minimum absolute atomic E-state index is 0.0298. The van der Waals surface area contributed by atoms with Crippen molar-refractivity contribution in [2.45, 2.75) is 12.5 Å². The molecule has 1 atom stereocenters. The van der Waals surface area contributed by atoms with Crippen LogP contribution in [-0.4, -0.2) is 36.0 Å². The molecule has 0 aromatic heterocycles. The molecule has 82 valence electrons. The van der Waals surface area contributed by atoms with E-state index in [2.05, 4.69) is 0 Å². The van der Waals surface area contributed by atoms with E-state index in [-0.39, 0.29) is 17.9 Å². The van der Waals surface area contributed by atoms with Crippen molar-refractivity contribution in [2.24, 2.45) is 0 Å². The van der Waals surface area contributed by atoms with Gasteiger partial charge in [-0.1, -0.05) is 12.1 Å². The maximum Gasteiger partial charge on any atom is 0.261 e. The van der Waals surface area contributed by atoms with Gasteiger partial charge in [0.15, 0.2) is 0 Å². The third-order valence-electron chi connectivity index (χ3n) is 3.06. The first-order chi connectivity index (χ1) is 7.77. The molecule has 0 N–H and O–H groups in total. The molecule has 1 fully saturated rings. The lowest BCUT2D eigenvalue weighted by molar-refractivity contribution is -0.0592. The second-order valence-electron chi connectivity index (χ2n) is 4.05. The van der Waals surface area contributed by atoms with Gasteiger partial charge in [-0.3, -0.25) is 14.5 Å². The molecule has 16 heavy (non-hydrogen) atoms. The smallest absolute Gasteiger partial charge is 0.261 e. The highest BCUT2D eigenvalue weighted by atomic mass is 16.5. The number of carbonyl (C=O) groups excluding carboxylic acids is 2. The summed E-state index contributed by atoms with van der Waals surface area (Å²) in [6.45, 7) is 1.11. The van der Waals surface area contributed by atoms with Gasteiger partial charge in [0.05, 0.1) is 23.8 Å². The molecule has 0 aliphatic carbocycles. The lowest BCUT2D eigenvalue weighted by Crippen LogP contribution is -2.42. The Labute approximate surface area is 92.8 Å². The van der Waals surface area contributed by atoms with Gasteiger partial charge in [0.2, 0.25) is 0 Å². The summed E-state index contributed by atoms with van der Waals surface area (Å²) >= 11 is 0. The molecule has 0 bridgehead atoms. The monoisotopic (exact) mass is 217 g/mol. The number of amides is 2. The van der Waals surface area contributed by atoms with Crippen LogP contribution in [0.15, 0.2) is 24.3 Å². The molecule has 1 aromatic rings. The van der Waals surface area contributed by atoms with Gasteiger partial charge in [0.25, 0.3) is 11.8 Å². The molecule has 0 radical (unpaired) electrons. The third-order valence-corrected chi connectivity index (χ3v) is 3.06. The van der Waals surface area contributed by atoms with Crippen molar-refractivity contribution < 1.29 is 14.3 Å². The van der Waals surface area contributed by atoms with Gasteiger partial charge in [-0.05, 0) is 18.6 Å². The third kappa shape index (κ3) is 1.27. The van der Waals surface area contributed by atoms with E-state index in [0.717, 1.165) is 13.0 Å². The van der Waals surface area contributed by atoms with Crippen molar-refractivity contribution >= 4 is 11.8 Å². The van der Waals surface area contributed by atoms with Crippen LogP contribution in [0.1, 0.15) is 27.1 Å². The van der Waals surface area contributed by atoms with Gasteiger partial charge in [-0.25, -0.2) is 0 Å². The van der Waals surface area contributed by atoms with Gasteiger partial charge >= 0.3 is 0 Å². The molecule has 3 rings (SSSR count). The van der Waals surface area contributed by atoms with Crippen molar-refractivity contribution in [3.63, 3.8) is 0 Å². The zero-order chi connectivity index (χ0) is 11.1. The first-order valence-corrected chi connectivity index (χ1v) is 5.34. The molecule has 2 amide bonds. The zero-order valence-electron chi connectivity index (χ0n) is 8.68. The first kappa shape index (κ1) is 9.54. The molecule has 0 unspecified atom stereocenters. The number of ether oxygens (including phenoxy) is 1. The molecule has 0 spiro atoms. The first-order valence-electron chi connectivity index (χ1n) is 5.34. The number of nitrogens with zero attached hydrogens (tertiary/aromatic N) is 1.